The smallest absolute Gasteiger partial charge is 0.322 e. The number of carboxylic acid groups (broad SMARTS) is 1. The van der Waals surface area contributed by atoms with E-state index >= 15 is 0 Å². The van der Waals surface area contributed by atoms with Crippen LogP contribution in [0.2, 0.25) is 0 Å². The van der Waals surface area contributed by atoms with Crippen LogP contribution in [0, 0.1) is 5.41 Å². The van der Waals surface area contributed by atoms with E-state index in [1.165, 1.54) is 16.7 Å². The molecule has 3 fully saturated rings. The largest absolute Gasteiger partial charge is 0.481 e. The number of urea groups is 1. The topological polar surface area (TPSA) is 69.6 Å². The highest BCUT2D eigenvalue weighted by Gasteiger charge is 2.53. The Labute approximate surface area is 170 Å². The first-order valence-electron chi connectivity index (χ1n) is 10.5. The summed E-state index contributed by atoms with van der Waals surface area (Å²) in [5.74, 6) is -0.618. The number of carboxylic acids is 1. The van der Waals surface area contributed by atoms with Crippen LogP contribution < -0.4 is 5.32 Å². The van der Waals surface area contributed by atoms with Gasteiger partial charge in [0.05, 0.1) is 5.41 Å². The van der Waals surface area contributed by atoms with E-state index in [1.807, 2.05) is 29.2 Å². The quantitative estimate of drug-likeness (QED) is 0.782. The van der Waals surface area contributed by atoms with Crippen molar-refractivity contribution in [2.24, 2.45) is 5.41 Å². The molecule has 150 valence electrons. The first-order valence-corrected chi connectivity index (χ1v) is 10.5. The number of carbonyl (C=O) groups is 2. The number of fused-ring (bicyclic) bond motifs is 4. The second-order valence-electron chi connectivity index (χ2n) is 9.00. The van der Waals surface area contributed by atoms with E-state index in [-0.39, 0.29) is 11.4 Å². The Bertz CT molecular complexity index is 917. The SMILES string of the molecule is O=C(Nc1ccc(C23CCC(C(=O)O)(CC2)CC3)cc1)N1Cc2ccccc2C1. The molecule has 2 aromatic carbocycles. The van der Waals surface area contributed by atoms with Gasteiger partial charge in [-0.3, -0.25) is 4.79 Å². The van der Waals surface area contributed by atoms with Crippen molar-refractivity contribution in [1.82, 2.24) is 4.90 Å². The van der Waals surface area contributed by atoms with Crippen LogP contribution in [0.15, 0.2) is 48.5 Å². The molecule has 0 atom stereocenters. The van der Waals surface area contributed by atoms with Crippen molar-refractivity contribution in [3.05, 3.63) is 65.2 Å². The summed E-state index contributed by atoms with van der Waals surface area (Å²) in [5.41, 5.74) is 4.13. The molecule has 2 aromatic rings. The zero-order valence-corrected chi connectivity index (χ0v) is 16.5. The van der Waals surface area contributed by atoms with Gasteiger partial charge in [0.1, 0.15) is 0 Å². The van der Waals surface area contributed by atoms with Gasteiger partial charge in [-0.2, -0.15) is 0 Å². The van der Waals surface area contributed by atoms with Crippen LogP contribution in [0.3, 0.4) is 0 Å². The molecular weight excluding hydrogens is 364 g/mol. The van der Waals surface area contributed by atoms with E-state index in [2.05, 4.69) is 29.6 Å². The van der Waals surface area contributed by atoms with Crippen LogP contribution in [-0.4, -0.2) is 22.0 Å². The van der Waals surface area contributed by atoms with Crippen molar-refractivity contribution in [2.45, 2.75) is 57.0 Å². The number of rotatable bonds is 3. The second-order valence-corrected chi connectivity index (χ2v) is 9.00. The molecule has 2 N–H and O–H groups in total. The number of nitrogens with one attached hydrogen (secondary N) is 1. The summed E-state index contributed by atoms with van der Waals surface area (Å²) >= 11 is 0. The van der Waals surface area contributed by atoms with Crippen molar-refractivity contribution in [3.63, 3.8) is 0 Å². The summed E-state index contributed by atoms with van der Waals surface area (Å²) < 4.78 is 0. The van der Waals surface area contributed by atoms with Crippen LogP contribution in [-0.2, 0) is 23.3 Å². The molecule has 5 heteroatoms. The Balaban J connectivity index is 1.25. The monoisotopic (exact) mass is 390 g/mol. The number of anilines is 1. The van der Waals surface area contributed by atoms with Gasteiger partial charge in [-0.25, -0.2) is 4.79 Å². The molecule has 0 unspecified atom stereocenters. The highest BCUT2D eigenvalue weighted by molar-refractivity contribution is 5.89. The Morgan fingerprint density at radius 1 is 0.828 bits per heavy atom. The molecule has 1 aliphatic heterocycles. The average Bonchev–Trinajstić information content (AvgIpc) is 3.20. The number of benzene rings is 2. The third-order valence-corrected chi connectivity index (χ3v) is 7.58. The highest BCUT2D eigenvalue weighted by Crippen LogP contribution is 2.57. The van der Waals surface area contributed by atoms with Gasteiger partial charge in [0.25, 0.3) is 0 Å². The first kappa shape index (κ1) is 18.2. The predicted molar refractivity (Wildman–Crippen MR) is 111 cm³/mol. The van der Waals surface area contributed by atoms with Crippen molar-refractivity contribution >= 4 is 17.7 Å². The fraction of sp³-hybridized carbons (Fsp3) is 0.417. The van der Waals surface area contributed by atoms with E-state index in [1.54, 1.807) is 0 Å². The Kier molecular flexibility index (Phi) is 4.16. The summed E-state index contributed by atoms with van der Waals surface area (Å²) in [6.45, 7) is 1.29. The van der Waals surface area contributed by atoms with Crippen LogP contribution in [0.5, 0.6) is 0 Å². The second kappa shape index (κ2) is 6.61. The summed E-state index contributed by atoms with van der Waals surface area (Å²) in [6, 6.07) is 16.3. The lowest BCUT2D eigenvalue weighted by Gasteiger charge is -2.51. The van der Waals surface area contributed by atoms with E-state index in [9.17, 15) is 14.7 Å². The zero-order chi connectivity index (χ0) is 20.1. The minimum Gasteiger partial charge on any atom is -0.481 e. The molecule has 3 saturated carbocycles. The van der Waals surface area contributed by atoms with Crippen molar-refractivity contribution in [1.29, 1.82) is 0 Å². The molecule has 4 aliphatic rings. The summed E-state index contributed by atoms with van der Waals surface area (Å²) in [6.07, 6.45) is 5.15. The first-order chi connectivity index (χ1) is 14.0. The lowest BCUT2D eigenvalue weighted by Crippen LogP contribution is -2.47. The molecule has 1 heterocycles. The van der Waals surface area contributed by atoms with Crippen LogP contribution >= 0.6 is 0 Å². The van der Waals surface area contributed by atoms with Gasteiger partial charge in [0, 0.05) is 18.8 Å². The lowest BCUT2D eigenvalue weighted by molar-refractivity contribution is -0.156. The summed E-state index contributed by atoms with van der Waals surface area (Å²) in [5, 5.41) is 12.6. The van der Waals surface area contributed by atoms with Gasteiger partial charge in [-0.05, 0) is 72.8 Å². The molecule has 0 radical (unpaired) electrons. The van der Waals surface area contributed by atoms with E-state index < -0.39 is 11.4 Å². The van der Waals surface area contributed by atoms with E-state index in [4.69, 9.17) is 0 Å². The number of nitrogens with zero attached hydrogens (tertiary/aromatic N) is 1. The van der Waals surface area contributed by atoms with Gasteiger partial charge in [0.2, 0.25) is 0 Å². The van der Waals surface area contributed by atoms with Crippen LogP contribution in [0.1, 0.15) is 55.2 Å². The lowest BCUT2D eigenvalue weighted by atomic mass is 9.52. The maximum absolute atomic E-state index is 12.7. The minimum atomic E-state index is -0.618. The van der Waals surface area contributed by atoms with Crippen molar-refractivity contribution < 1.29 is 14.7 Å². The number of hydrogen-bond acceptors (Lipinski definition) is 2. The van der Waals surface area contributed by atoms with Gasteiger partial charge >= 0.3 is 12.0 Å². The highest BCUT2D eigenvalue weighted by atomic mass is 16.4. The third kappa shape index (κ3) is 3.00. The molecule has 0 saturated heterocycles. The number of hydrogen-bond donors (Lipinski definition) is 2. The average molecular weight is 390 g/mol. The van der Waals surface area contributed by atoms with E-state index in [0.717, 1.165) is 44.2 Å². The predicted octanol–water partition coefficient (Wildman–Crippen LogP) is 4.91. The summed E-state index contributed by atoms with van der Waals surface area (Å²) in [4.78, 5) is 26.1. The Morgan fingerprint density at radius 2 is 1.38 bits per heavy atom. The van der Waals surface area contributed by atoms with Crippen LogP contribution in [0.4, 0.5) is 10.5 Å². The minimum absolute atomic E-state index is 0.0753. The normalized spacial score (nSPS) is 27.5. The summed E-state index contributed by atoms with van der Waals surface area (Å²) in [7, 11) is 0. The fourth-order valence-electron chi connectivity index (χ4n) is 5.53. The maximum atomic E-state index is 12.7. The molecule has 29 heavy (non-hydrogen) atoms. The van der Waals surface area contributed by atoms with Gasteiger partial charge in [0.15, 0.2) is 0 Å². The maximum Gasteiger partial charge on any atom is 0.322 e. The van der Waals surface area contributed by atoms with Crippen molar-refractivity contribution in [2.75, 3.05) is 5.32 Å². The molecular formula is C24H26N2O3. The van der Waals surface area contributed by atoms with Gasteiger partial charge in [-0.15, -0.1) is 0 Å². The third-order valence-electron chi connectivity index (χ3n) is 7.58. The number of carbonyl (C=O) groups excluding carboxylic acids is 1. The van der Waals surface area contributed by atoms with E-state index in [0.29, 0.717) is 13.1 Å². The standard InChI is InChI=1S/C24H26N2O3/c27-21(28)24-12-9-23(10-13-24,11-14-24)19-5-7-20(8-6-19)25-22(29)26-15-17-3-1-2-4-18(17)16-26/h1-8H,9-16H2,(H,25,29)(H,27,28). The number of amides is 2. The molecule has 0 spiro atoms. The zero-order valence-electron chi connectivity index (χ0n) is 16.5. The molecule has 0 aromatic heterocycles. The fourth-order valence-corrected chi connectivity index (χ4v) is 5.53. The molecule has 6 rings (SSSR count). The van der Waals surface area contributed by atoms with Crippen LogP contribution in [0.25, 0.3) is 0 Å². The number of aliphatic carboxylic acids is 1. The van der Waals surface area contributed by atoms with Gasteiger partial charge in [-0.1, -0.05) is 36.4 Å². The molecule has 2 bridgehead atoms. The Morgan fingerprint density at radius 3 is 1.90 bits per heavy atom. The molecule has 5 nitrogen and oxygen atoms in total. The Hall–Kier alpha value is -2.82. The van der Waals surface area contributed by atoms with Gasteiger partial charge < -0.3 is 15.3 Å². The molecule has 3 aliphatic carbocycles. The van der Waals surface area contributed by atoms with Crippen molar-refractivity contribution in [3.8, 4) is 0 Å². The molecule has 2 amide bonds.